The number of carbonyl (C=O) groups excluding carboxylic acids is 1. The summed E-state index contributed by atoms with van der Waals surface area (Å²) in [5, 5.41) is 0. The third kappa shape index (κ3) is 2.20. The van der Waals surface area contributed by atoms with Crippen LogP contribution < -0.4 is 11.4 Å². The maximum Gasteiger partial charge on any atom is 0.323 e. The number of nitrogens with two attached hydrogens (primary N) is 1. The minimum atomic E-state index is -0.368. The number of nitrogens with one attached hydrogen (secondary N) is 2. The Kier molecular flexibility index (Phi) is 2.59. The van der Waals surface area contributed by atoms with E-state index in [4.69, 9.17) is 5.73 Å². The van der Waals surface area contributed by atoms with Crippen LogP contribution >= 0.6 is 0 Å². The lowest BCUT2D eigenvalue weighted by Gasteiger charge is -1.93. The van der Waals surface area contributed by atoms with Gasteiger partial charge in [0, 0.05) is 6.42 Å². The fourth-order valence-electron chi connectivity index (χ4n) is 1.46. The Hall–Kier alpha value is -2.30. The number of primary amides is 1. The summed E-state index contributed by atoms with van der Waals surface area (Å²) in [5.41, 5.74) is 7.19. The molecule has 5 heteroatoms. The third-order valence-electron chi connectivity index (χ3n) is 2.17. The Morgan fingerprint density at radius 2 is 2.06 bits per heavy atom. The number of benzene rings is 1. The number of amides is 1. The molecule has 0 fully saturated rings. The number of rotatable bonds is 3. The number of aromatic nitrogens is 2. The number of fused-ring (bicyclic) bond motifs is 1. The van der Waals surface area contributed by atoms with Gasteiger partial charge in [0.2, 0.25) is 5.91 Å². The van der Waals surface area contributed by atoms with E-state index in [-0.39, 0.29) is 18.0 Å². The molecule has 2 rings (SSSR count). The molecule has 4 N–H and O–H groups in total. The smallest absolute Gasteiger partial charge is 0.323 e. The highest BCUT2D eigenvalue weighted by molar-refractivity contribution is 5.79. The van der Waals surface area contributed by atoms with Gasteiger partial charge in [-0.3, -0.25) is 4.79 Å². The van der Waals surface area contributed by atoms with E-state index in [0.29, 0.717) is 0 Å². The van der Waals surface area contributed by atoms with Gasteiger partial charge in [-0.25, -0.2) is 4.79 Å². The molecule has 1 aromatic heterocycles. The van der Waals surface area contributed by atoms with E-state index in [0.717, 1.165) is 16.6 Å². The number of imidazole rings is 1. The van der Waals surface area contributed by atoms with E-state index in [1.165, 1.54) is 0 Å². The van der Waals surface area contributed by atoms with Crippen molar-refractivity contribution < 1.29 is 4.79 Å². The zero-order valence-corrected chi connectivity index (χ0v) is 8.49. The van der Waals surface area contributed by atoms with E-state index in [1.54, 1.807) is 18.2 Å². The summed E-state index contributed by atoms with van der Waals surface area (Å²) in [6.45, 7) is 0. The summed E-state index contributed by atoms with van der Waals surface area (Å²) in [4.78, 5) is 26.8. The summed E-state index contributed by atoms with van der Waals surface area (Å²) in [7, 11) is 0. The van der Waals surface area contributed by atoms with Crippen molar-refractivity contribution >= 4 is 23.0 Å². The lowest BCUT2D eigenvalue weighted by Crippen LogP contribution is -2.07. The largest absolute Gasteiger partial charge is 0.369 e. The minimum Gasteiger partial charge on any atom is -0.369 e. The van der Waals surface area contributed by atoms with Crippen LogP contribution in [0.25, 0.3) is 17.1 Å². The van der Waals surface area contributed by atoms with Crippen LogP contribution in [0.3, 0.4) is 0 Å². The molecule has 0 atom stereocenters. The number of hydrogen-bond acceptors (Lipinski definition) is 2. The Bertz CT molecular complexity index is 607. The van der Waals surface area contributed by atoms with Crippen LogP contribution in [0, 0.1) is 0 Å². The van der Waals surface area contributed by atoms with Crippen molar-refractivity contribution in [3.05, 3.63) is 40.3 Å². The molecule has 5 nitrogen and oxygen atoms in total. The fraction of sp³-hybridized carbons (Fsp3) is 0.0909. The van der Waals surface area contributed by atoms with Gasteiger partial charge >= 0.3 is 5.69 Å². The number of hydrogen-bond donors (Lipinski definition) is 3. The molecule has 1 amide bonds. The summed E-state index contributed by atoms with van der Waals surface area (Å²) in [6.07, 6.45) is 3.69. The van der Waals surface area contributed by atoms with Crippen LogP contribution in [-0.2, 0) is 4.79 Å². The molecule has 0 aliphatic heterocycles. The fourth-order valence-corrected chi connectivity index (χ4v) is 1.46. The standard InChI is InChI=1S/C11H11N3O2/c12-10(15)3-1-2-7-4-5-8-9(6-7)14-11(16)13-8/h1-2,4-6H,3H2,(H2,12,15)(H2,13,14,16). The molecule has 0 bridgehead atoms. The van der Waals surface area contributed by atoms with Gasteiger partial charge in [0.1, 0.15) is 0 Å². The van der Waals surface area contributed by atoms with Crippen LogP contribution in [0.15, 0.2) is 29.1 Å². The van der Waals surface area contributed by atoms with E-state index in [1.807, 2.05) is 12.1 Å². The van der Waals surface area contributed by atoms with Gasteiger partial charge in [-0.15, -0.1) is 0 Å². The van der Waals surface area contributed by atoms with Gasteiger partial charge in [0.25, 0.3) is 0 Å². The highest BCUT2D eigenvalue weighted by atomic mass is 16.1. The molecule has 1 heterocycles. The summed E-state index contributed by atoms with van der Waals surface area (Å²) in [5.74, 6) is -0.368. The molecule has 1 aromatic carbocycles. The number of carbonyl (C=O) groups is 1. The van der Waals surface area contributed by atoms with Gasteiger partial charge in [-0.05, 0) is 17.7 Å². The summed E-state index contributed by atoms with van der Waals surface area (Å²) >= 11 is 0. The van der Waals surface area contributed by atoms with E-state index < -0.39 is 0 Å². The first-order chi connectivity index (χ1) is 7.65. The van der Waals surface area contributed by atoms with Crippen molar-refractivity contribution in [3.8, 4) is 0 Å². The maximum atomic E-state index is 11.0. The Labute approximate surface area is 91.0 Å². The van der Waals surface area contributed by atoms with E-state index in [2.05, 4.69) is 9.97 Å². The summed E-state index contributed by atoms with van der Waals surface area (Å²) in [6, 6.07) is 5.48. The molecule has 0 unspecified atom stereocenters. The topological polar surface area (TPSA) is 91.7 Å². The Balaban J connectivity index is 2.28. The van der Waals surface area contributed by atoms with Crippen LogP contribution in [0.1, 0.15) is 12.0 Å². The van der Waals surface area contributed by atoms with Crippen molar-refractivity contribution in [2.45, 2.75) is 6.42 Å². The molecule has 0 spiro atoms. The van der Waals surface area contributed by atoms with Crippen molar-refractivity contribution in [1.29, 1.82) is 0 Å². The van der Waals surface area contributed by atoms with E-state index in [9.17, 15) is 9.59 Å². The highest BCUT2D eigenvalue weighted by Gasteiger charge is 1.97. The molecule has 0 radical (unpaired) electrons. The molecule has 0 saturated carbocycles. The van der Waals surface area contributed by atoms with Crippen molar-refractivity contribution in [1.82, 2.24) is 9.97 Å². The normalized spacial score (nSPS) is 11.2. The highest BCUT2D eigenvalue weighted by Crippen LogP contribution is 2.11. The molecular weight excluding hydrogens is 206 g/mol. The predicted octanol–water partition coefficient (Wildman–Crippen LogP) is 0.745. The molecule has 0 saturated heterocycles. The second-order valence-electron chi connectivity index (χ2n) is 3.46. The quantitative estimate of drug-likeness (QED) is 0.707. The number of H-pyrrole nitrogens is 2. The third-order valence-corrected chi connectivity index (χ3v) is 2.17. The number of aromatic amines is 2. The SMILES string of the molecule is NC(=O)CC=Cc1ccc2[nH]c(=O)[nH]c2c1. The average molecular weight is 217 g/mol. The van der Waals surface area contributed by atoms with Gasteiger partial charge in [-0.2, -0.15) is 0 Å². The average Bonchev–Trinajstić information content (AvgIpc) is 2.56. The van der Waals surface area contributed by atoms with Gasteiger partial charge < -0.3 is 15.7 Å². The molecule has 0 aliphatic rings. The zero-order chi connectivity index (χ0) is 11.5. The zero-order valence-electron chi connectivity index (χ0n) is 8.49. The molecule has 82 valence electrons. The van der Waals surface area contributed by atoms with Crippen LogP contribution in [0.5, 0.6) is 0 Å². The monoisotopic (exact) mass is 217 g/mol. The van der Waals surface area contributed by atoms with Crippen molar-refractivity contribution in [2.24, 2.45) is 5.73 Å². The second kappa shape index (κ2) is 4.06. The Morgan fingerprint density at radius 1 is 1.31 bits per heavy atom. The van der Waals surface area contributed by atoms with Crippen LogP contribution in [0.4, 0.5) is 0 Å². The lowest BCUT2D eigenvalue weighted by molar-refractivity contribution is -0.117. The first kappa shape index (κ1) is 10.2. The minimum absolute atomic E-state index is 0.210. The van der Waals surface area contributed by atoms with E-state index >= 15 is 0 Å². The molecular formula is C11H11N3O2. The molecule has 2 aromatic rings. The molecule has 16 heavy (non-hydrogen) atoms. The van der Waals surface area contributed by atoms with Crippen LogP contribution in [0.2, 0.25) is 0 Å². The molecule has 0 aliphatic carbocycles. The first-order valence-corrected chi connectivity index (χ1v) is 4.82. The Morgan fingerprint density at radius 3 is 2.81 bits per heavy atom. The van der Waals surface area contributed by atoms with Crippen LogP contribution in [-0.4, -0.2) is 15.9 Å². The van der Waals surface area contributed by atoms with Crippen molar-refractivity contribution in [3.63, 3.8) is 0 Å². The second-order valence-corrected chi connectivity index (χ2v) is 3.46. The lowest BCUT2D eigenvalue weighted by atomic mass is 10.2. The predicted molar refractivity (Wildman–Crippen MR) is 61.8 cm³/mol. The van der Waals surface area contributed by atoms with Gasteiger partial charge in [-0.1, -0.05) is 18.2 Å². The van der Waals surface area contributed by atoms with Gasteiger partial charge in [0.05, 0.1) is 11.0 Å². The summed E-state index contributed by atoms with van der Waals surface area (Å²) < 4.78 is 0. The maximum absolute atomic E-state index is 11.0. The van der Waals surface area contributed by atoms with Crippen molar-refractivity contribution in [2.75, 3.05) is 0 Å². The first-order valence-electron chi connectivity index (χ1n) is 4.82. The van der Waals surface area contributed by atoms with Gasteiger partial charge in [0.15, 0.2) is 0 Å².